The lowest BCUT2D eigenvalue weighted by molar-refractivity contribution is -0.145. The number of aryl methyl sites for hydroxylation is 2. The molecule has 2 aliphatic heterocycles. The molecule has 4 atom stereocenters. The van der Waals surface area contributed by atoms with E-state index in [0.717, 1.165) is 57.3 Å². The third-order valence-corrected chi connectivity index (χ3v) is 9.19. The van der Waals surface area contributed by atoms with Crippen LogP contribution in [0.25, 0.3) is 0 Å². The van der Waals surface area contributed by atoms with Gasteiger partial charge in [0.1, 0.15) is 0 Å². The van der Waals surface area contributed by atoms with Crippen LogP contribution >= 0.6 is 0 Å². The van der Waals surface area contributed by atoms with Gasteiger partial charge in [0, 0.05) is 38.6 Å². The van der Waals surface area contributed by atoms with E-state index < -0.39 is 12.1 Å². The molecule has 42 heavy (non-hydrogen) atoms. The summed E-state index contributed by atoms with van der Waals surface area (Å²) in [6, 6.07) is 10.3. The summed E-state index contributed by atoms with van der Waals surface area (Å²) in [7, 11) is 0. The van der Waals surface area contributed by atoms with Crippen LogP contribution in [-0.4, -0.2) is 81.5 Å². The Balaban J connectivity index is 1.16. The number of amides is 2. The van der Waals surface area contributed by atoms with E-state index in [4.69, 9.17) is 4.74 Å². The van der Waals surface area contributed by atoms with Crippen LogP contribution in [0.3, 0.4) is 0 Å². The Hall–Kier alpha value is -3.53. The van der Waals surface area contributed by atoms with Crippen LogP contribution in [0.15, 0.2) is 30.3 Å². The second kappa shape index (κ2) is 13.2. The Morgan fingerprint density at radius 1 is 1.00 bits per heavy atom. The standard InChI is InChI=1S/C32H43N5O5/c1-4-27(31(40)41)42-32-33-20(2)28(21(3)34-32)30(39)37-18-24-16-36(17-25(24)19-37)15-14-26(22-10-6-5-7-11-22)35-29(38)23-12-8-9-13-23/h5-7,10-11,23-27H,4,8-9,12-19H2,1-3H3,(H,35,38)(H,40,41). The molecular formula is C32H43N5O5. The summed E-state index contributed by atoms with van der Waals surface area (Å²) in [6.45, 7) is 9.34. The highest BCUT2D eigenvalue weighted by atomic mass is 16.5. The zero-order valence-corrected chi connectivity index (χ0v) is 24.9. The van der Waals surface area contributed by atoms with Gasteiger partial charge in [-0.3, -0.25) is 9.59 Å². The highest BCUT2D eigenvalue weighted by molar-refractivity contribution is 5.96. The van der Waals surface area contributed by atoms with Crippen molar-refractivity contribution in [1.29, 1.82) is 0 Å². The van der Waals surface area contributed by atoms with Crippen molar-refractivity contribution in [2.75, 3.05) is 32.7 Å². The van der Waals surface area contributed by atoms with Crippen molar-refractivity contribution in [3.8, 4) is 6.01 Å². The van der Waals surface area contributed by atoms with E-state index in [1.807, 2.05) is 23.1 Å². The molecule has 2 saturated heterocycles. The number of nitrogens with zero attached hydrogens (tertiary/aromatic N) is 4. The van der Waals surface area contributed by atoms with Crippen LogP contribution in [0, 0.1) is 31.6 Å². The van der Waals surface area contributed by atoms with Gasteiger partial charge in [-0.15, -0.1) is 0 Å². The number of fused-ring (bicyclic) bond motifs is 1. The number of rotatable bonds is 11. The SMILES string of the molecule is CCC(Oc1nc(C)c(C(=O)N2CC3CN(CCC(NC(=O)C4CCCC4)c4ccccc4)CC3C2)c(C)n1)C(=O)O. The summed E-state index contributed by atoms with van der Waals surface area (Å²) in [6.07, 6.45) is 4.38. The first-order valence-electron chi connectivity index (χ1n) is 15.3. The fourth-order valence-corrected chi connectivity index (χ4v) is 6.88. The number of hydrogen-bond donors (Lipinski definition) is 2. The number of ether oxygens (including phenoxy) is 1. The number of likely N-dealkylation sites (tertiary alicyclic amines) is 2. The molecule has 3 fully saturated rings. The van der Waals surface area contributed by atoms with Crippen LogP contribution in [0.1, 0.15) is 78.8 Å². The third-order valence-electron chi connectivity index (χ3n) is 9.19. The number of aromatic nitrogens is 2. The molecule has 2 N–H and O–H groups in total. The quantitative estimate of drug-likeness (QED) is 0.414. The van der Waals surface area contributed by atoms with Gasteiger partial charge in [-0.2, -0.15) is 9.97 Å². The highest BCUT2D eigenvalue weighted by Gasteiger charge is 2.42. The normalized spacial score (nSPS) is 22.1. The number of benzene rings is 1. The van der Waals surface area contributed by atoms with Crippen molar-refractivity contribution in [3.05, 3.63) is 52.8 Å². The molecule has 5 rings (SSSR count). The smallest absolute Gasteiger partial charge is 0.345 e. The molecule has 2 amide bonds. The number of carboxylic acids is 1. The molecule has 4 unspecified atom stereocenters. The van der Waals surface area contributed by atoms with Crippen LogP contribution in [0.4, 0.5) is 0 Å². The maximum Gasteiger partial charge on any atom is 0.345 e. The molecular weight excluding hydrogens is 534 g/mol. The molecule has 2 aromatic rings. The van der Waals surface area contributed by atoms with E-state index in [0.29, 0.717) is 41.9 Å². The number of hydrogen-bond acceptors (Lipinski definition) is 7. The third kappa shape index (κ3) is 6.75. The largest absolute Gasteiger partial charge is 0.479 e. The fraction of sp³-hybridized carbons (Fsp3) is 0.594. The molecule has 3 aliphatic rings. The minimum Gasteiger partial charge on any atom is -0.479 e. The lowest BCUT2D eigenvalue weighted by Crippen LogP contribution is -2.37. The summed E-state index contributed by atoms with van der Waals surface area (Å²) >= 11 is 0. The minimum absolute atomic E-state index is 0.00109. The summed E-state index contributed by atoms with van der Waals surface area (Å²) in [5, 5.41) is 12.6. The van der Waals surface area contributed by atoms with E-state index in [2.05, 4.69) is 32.3 Å². The highest BCUT2D eigenvalue weighted by Crippen LogP contribution is 2.33. The van der Waals surface area contributed by atoms with Crippen molar-refractivity contribution >= 4 is 17.8 Å². The molecule has 1 aromatic carbocycles. The second-order valence-corrected chi connectivity index (χ2v) is 12.1. The van der Waals surface area contributed by atoms with Crippen LogP contribution in [-0.2, 0) is 9.59 Å². The topological polar surface area (TPSA) is 125 Å². The Morgan fingerprint density at radius 3 is 2.19 bits per heavy atom. The van der Waals surface area contributed by atoms with Gasteiger partial charge in [0.05, 0.1) is 23.0 Å². The molecule has 0 spiro atoms. The average molecular weight is 578 g/mol. The van der Waals surface area contributed by atoms with Gasteiger partial charge >= 0.3 is 12.0 Å². The van der Waals surface area contributed by atoms with E-state index in [1.165, 1.54) is 0 Å². The van der Waals surface area contributed by atoms with Crippen LogP contribution in [0.2, 0.25) is 0 Å². The van der Waals surface area contributed by atoms with Gasteiger partial charge in [-0.05, 0) is 56.9 Å². The molecule has 1 saturated carbocycles. The molecule has 10 nitrogen and oxygen atoms in total. The molecule has 3 heterocycles. The van der Waals surface area contributed by atoms with Gasteiger partial charge < -0.3 is 25.0 Å². The Morgan fingerprint density at radius 2 is 1.62 bits per heavy atom. The first-order chi connectivity index (χ1) is 20.2. The summed E-state index contributed by atoms with van der Waals surface area (Å²) in [5.74, 6) is -0.00934. The first-order valence-corrected chi connectivity index (χ1v) is 15.3. The van der Waals surface area contributed by atoms with Crippen molar-refractivity contribution in [2.24, 2.45) is 17.8 Å². The minimum atomic E-state index is -1.07. The van der Waals surface area contributed by atoms with Gasteiger partial charge in [0.25, 0.3) is 5.91 Å². The Kier molecular flexibility index (Phi) is 9.40. The van der Waals surface area contributed by atoms with E-state index in [-0.39, 0.29) is 36.2 Å². The lowest BCUT2D eigenvalue weighted by Gasteiger charge is -2.26. The van der Waals surface area contributed by atoms with Crippen molar-refractivity contribution in [3.63, 3.8) is 0 Å². The molecule has 0 bridgehead atoms. The maximum atomic E-state index is 13.5. The number of carbonyl (C=O) groups is 3. The zero-order chi connectivity index (χ0) is 29.8. The van der Waals surface area contributed by atoms with Crippen LogP contribution in [0.5, 0.6) is 6.01 Å². The Bertz CT molecular complexity index is 1240. The predicted molar refractivity (Wildman–Crippen MR) is 157 cm³/mol. The lowest BCUT2D eigenvalue weighted by atomic mass is 10.0. The second-order valence-electron chi connectivity index (χ2n) is 12.1. The van der Waals surface area contributed by atoms with E-state index in [1.54, 1.807) is 20.8 Å². The van der Waals surface area contributed by atoms with Gasteiger partial charge in [-0.25, -0.2) is 4.79 Å². The summed E-state index contributed by atoms with van der Waals surface area (Å²) in [4.78, 5) is 50.8. The Labute approximate surface area is 247 Å². The number of carbonyl (C=O) groups excluding carboxylic acids is 2. The molecule has 226 valence electrons. The van der Waals surface area contributed by atoms with Gasteiger partial charge in [0.15, 0.2) is 6.10 Å². The predicted octanol–water partition coefficient (Wildman–Crippen LogP) is 3.78. The first kappa shape index (κ1) is 29.9. The van der Waals surface area contributed by atoms with Gasteiger partial charge in [0.2, 0.25) is 5.91 Å². The molecule has 1 aliphatic carbocycles. The molecule has 1 aromatic heterocycles. The number of aliphatic carboxylic acids is 1. The van der Waals surface area contributed by atoms with E-state index >= 15 is 0 Å². The van der Waals surface area contributed by atoms with Crippen molar-refractivity contribution < 1.29 is 24.2 Å². The molecule has 10 heteroatoms. The average Bonchev–Trinajstić information content (AvgIpc) is 3.71. The van der Waals surface area contributed by atoms with Crippen LogP contribution < -0.4 is 10.1 Å². The summed E-state index contributed by atoms with van der Waals surface area (Å²) < 4.78 is 5.46. The zero-order valence-electron chi connectivity index (χ0n) is 24.9. The van der Waals surface area contributed by atoms with Crippen molar-refractivity contribution in [2.45, 2.75) is 71.4 Å². The maximum absolute atomic E-state index is 13.5. The van der Waals surface area contributed by atoms with Gasteiger partial charge in [-0.1, -0.05) is 50.1 Å². The van der Waals surface area contributed by atoms with E-state index in [9.17, 15) is 19.5 Å². The monoisotopic (exact) mass is 577 g/mol. The molecule has 0 radical (unpaired) electrons. The number of carboxylic acid groups (broad SMARTS) is 1. The van der Waals surface area contributed by atoms with Crippen molar-refractivity contribution in [1.82, 2.24) is 25.1 Å². The number of nitrogens with one attached hydrogen (secondary N) is 1. The fourth-order valence-electron chi connectivity index (χ4n) is 6.88. The summed E-state index contributed by atoms with van der Waals surface area (Å²) in [5.41, 5.74) is 2.60.